The van der Waals surface area contributed by atoms with Gasteiger partial charge in [-0.2, -0.15) is 4.37 Å². The zero-order valence-corrected chi connectivity index (χ0v) is 16.4. The molecule has 1 aliphatic heterocycles. The quantitative estimate of drug-likeness (QED) is 0.474. The van der Waals surface area contributed by atoms with Crippen molar-refractivity contribution in [3.63, 3.8) is 0 Å². The molecule has 3 nitrogen and oxygen atoms in total. The van der Waals surface area contributed by atoms with E-state index in [1.807, 2.05) is 24.3 Å². The third-order valence-corrected chi connectivity index (χ3v) is 5.96. The second-order valence-corrected chi connectivity index (χ2v) is 8.04. The Morgan fingerprint density at radius 3 is 2.65 bits per heavy atom. The van der Waals surface area contributed by atoms with Gasteiger partial charge in [0.05, 0.1) is 17.0 Å². The number of benzene rings is 2. The van der Waals surface area contributed by atoms with E-state index in [0.717, 1.165) is 39.8 Å². The van der Waals surface area contributed by atoms with E-state index in [2.05, 4.69) is 27.5 Å². The minimum atomic E-state index is 0.744. The van der Waals surface area contributed by atoms with Gasteiger partial charge in [0.2, 0.25) is 0 Å². The molecule has 0 atom stereocenters. The first-order chi connectivity index (χ1) is 12.8. The third-order valence-electron chi connectivity index (χ3n) is 4.90. The number of nitrogens with zero attached hydrogens (tertiary/aromatic N) is 2. The van der Waals surface area contributed by atoms with Gasteiger partial charge in [-0.05, 0) is 87.2 Å². The first-order valence-electron chi connectivity index (χ1n) is 9.30. The predicted octanol–water partition coefficient (Wildman–Crippen LogP) is 5.87. The Labute approximate surface area is 163 Å². The highest BCUT2D eigenvalue weighted by molar-refractivity contribution is 7.13. The molecule has 0 aliphatic carbocycles. The van der Waals surface area contributed by atoms with Crippen LogP contribution >= 0.6 is 23.1 Å². The Bertz CT molecular complexity index is 856. The van der Waals surface area contributed by atoms with Gasteiger partial charge < -0.3 is 9.64 Å². The molecule has 136 valence electrons. The van der Waals surface area contributed by atoms with Crippen molar-refractivity contribution < 1.29 is 4.74 Å². The number of fused-ring (bicyclic) bond motifs is 1. The zero-order chi connectivity index (χ0) is 17.8. The molecule has 2 heterocycles. The average molecular weight is 387 g/mol. The Morgan fingerprint density at radius 2 is 1.85 bits per heavy atom. The molecular formula is C21H23ClN2OS. The fraction of sp³-hybridized carbons (Fsp3) is 0.381. The van der Waals surface area contributed by atoms with Gasteiger partial charge in [0.1, 0.15) is 5.75 Å². The number of aromatic nitrogens is 1. The molecule has 2 aromatic carbocycles. The molecular weight excluding hydrogens is 364 g/mol. The summed E-state index contributed by atoms with van der Waals surface area (Å²) in [7, 11) is 0. The minimum absolute atomic E-state index is 0.744. The third kappa shape index (κ3) is 4.20. The van der Waals surface area contributed by atoms with E-state index in [9.17, 15) is 0 Å². The number of ether oxygens (including phenoxy) is 1. The normalized spacial score (nSPS) is 15.0. The number of halogens is 1. The Balaban J connectivity index is 1.35. The van der Waals surface area contributed by atoms with Crippen molar-refractivity contribution in [2.45, 2.75) is 25.7 Å². The van der Waals surface area contributed by atoms with Crippen molar-refractivity contribution in [3.05, 3.63) is 47.5 Å². The van der Waals surface area contributed by atoms with Crippen LogP contribution in [-0.4, -0.2) is 35.5 Å². The summed E-state index contributed by atoms with van der Waals surface area (Å²) < 4.78 is 11.7. The summed E-state index contributed by atoms with van der Waals surface area (Å²) in [6, 6.07) is 14.1. The minimum Gasteiger partial charge on any atom is -0.494 e. The standard InChI is InChI=1S/C21H23ClN2OS/c22-17-7-5-16(6-8-17)21-19-10-9-18(15-20(19)26-23-21)25-14-4-3-13-24-11-1-2-12-24/h5-10,15H,1-4,11-14H2. The second kappa shape index (κ2) is 8.38. The van der Waals surface area contributed by atoms with Crippen LogP contribution in [-0.2, 0) is 0 Å². The van der Waals surface area contributed by atoms with Gasteiger partial charge in [0.25, 0.3) is 0 Å². The molecule has 4 rings (SSSR count). The van der Waals surface area contributed by atoms with Crippen LogP contribution in [0, 0.1) is 0 Å². The average Bonchev–Trinajstić information content (AvgIpc) is 3.31. The van der Waals surface area contributed by atoms with Crippen LogP contribution in [0.4, 0.5) is 0 Å². The number of unbranched alkanes of at least 4 members (excludes halogenated alkanes) is 1. The van der Waals surface area contributed by atoms with E-state index in [1.54, 1.807) is 0 Å². The van der Waals surface area contributed by atoms with E-state index in [4.69, 9.17) is 16.3 Å². The molecule has 1 aliphatic rings. The Morgan fingerprint density at radius 1 is 1.04 bits per heavy atom. The van der Waals surface area contributed by atoms with Crippen molar-refractivity contribution in [1.82, 2.24) is 9.27 Å². The largest absolute Gasteiger partial charge is 0.494 e. The molecule has 3 aromatic rings. The predicted molar refractivity (Wildman–Crippen MR) is 110 cm³/mol. The molecule has 0 spiro atoms. The lowest BCUT2D eigenvalue weighted by atomic mass is 10.1. The summed E-state index contributed by atoms with van der Waals surface area (Å²) in [5, 5.41) is 1.91. The van der Waals surface area contributed by atoms with Crippen LogP contribution in [0.15, 0.2) is 42.5 Å². The lowest BCUT2D eigenvalue weighted by Crippen LogP contribution is -2.20. The van der Waals surface area contributed by atoms with E-state index in [1.165, 1.54) is 55.8 Å². The highest BCUT2D eigenvalue weighted by atomic mass is 35.5. The molecule has 0 saturated carbocycles. The van der Waals surface area contributed by atoms with Crippen LogP contribution in [0.1, 0.15) is 25.7 Å². The Kier molecular flexibility index (Phi) is 5.73. The van der Waals surface area contributed by atoms with Gasteiger partial charge in [0.15, 0.2) is 0 Å². The fourth-order valence-electron chi connectivity index (χ4n) is 3.46. The van der Waals surface area contributed by atoms with Crippen LogP contribution in [0.25, 0.3) is 21.3 Å². The van der Waals surface area contributed by atoms with E-state index in [0.29, 0.717) is 0 Å². The molecule has 0 unspecified atom stereocenters. The maximum atomic E-state index is 5.98. The summed E-state index contributed by atoms with van der Waals surface area (Å²) in [6.07, 6.45) is 5.05. The molecule has 1 saturated heterocycles. The van der Waals surface area contributed by atoms with Crippen molar-refractivity contribution in [3.8, 4) is 17.0 Å². The van der Waals surface area contributed by atoms with Gasteiger partial charge >= 0.3 is 0 Å². The van der Waals surface area contributed by atoms with Crippen molar-refractivity contribution in [1.29, 1.82) is 0 Å². The first-order valence-corrected chi connectivity index (χ1v) is 10.5. The Hall–Kier alpha value is -1.62. The molecule has 1 fully saturated rings. The van der Waals surface area contributed by atoms with Gasteiger partial charge in [-0.25, -0.2) is 0 Å². The van der Waals surface area contributed by atoms with E-state index < -0.39 is 0 Å². The highest BCUT2D eigenvalue weighted by Gasteiger charge is 2.11. The summed E-state index contributed by atoms with van der Waals surface area (Å²) in [6.45, 7) is 4.54. The van der Waals surface area contributed by atoms with Crippen molar-refractivity contribution in [2.75, 3.05) is 26.2 Å². The fourth-order valence-corrected chi connectivity index (χ4v) is 4.41. The monoisotopic (exact) mass is 386 g/mol. The summed E-state index contributed by atoms with van der Waals surface area (Å²) in [4.78, 5) is 2.56. The van der Waals surface area contributed by atoms with Crippen LogP contribution in [0.2, 0.25) is 5.02 Å². The number of likely N-dealkylation sites (tertiary alicyclic amines) is 1. The molecule has 0 bridgehead atoms. The first kappa shape index (κ1) is 17.8. The van der Waals surface area contributed by atoms with E-state index >= 15 is 0 Å². The van der Waals surface area contributed by atoms with Gasteiger partial charge in [-0.3, -0.25) is 0 Å². The van der Waals surface area contributed by atoms with Crippen LogP contribution < -0.4 is 4.74 Å². The number of hydrogen-bond donors (Lipinski definition) is 0. The molecule has 1 aromatic heterocycles. The summed E-state index contributed by atoms with van der Waals surface area (Å²) in [5.74, 6) is 0.935. The smallest absolute Gasteiger partial charge is 0.120 e. The van der Waals surface area contributed by atoms with Gasteiger partial charge in [-0.1, -0.05) is 23.7 Å². The maximum absolute atomic E-state index is 5.98. The topological polar surface area (TPSA) is 25.4 Å². The van der Waals surface area contributed by atoms with Crippen LogP contribution in [0.5, 0.6) is 5.75 Å². The van der Waals surface area contributed by atoms with Gasteiger partial charge in [-0.15, -0.1) is 0 Å². The zero-order valence-electron chi connectivity index (χ0n) is 14.8. The maximum Gasteiger partial charge on any atom is 0.120 e. The van der Waals surface area contributed by atoms with Gasteiger partial charge in [0, 0.05) is 16.0 Å². The lowest BCUT2D eigenvalue weighted by Gasteiger charge is -2.14. The molecule has 26 heavy (non-hydrogen) atoms. The number of rotatable bonds is 7. The van der Waals surface area contributed by atoms with Crippen molar-refractivity contribution >= 4 is 33.2 Å². The molecule has 0 amide bonds. The lowest BCUT2D eigenvalue weighted by molar-refractivity contribution is 0.280. The SMILES string of the molecule is Clc1ccc(-c2nsc3cc(OCCCCN4CCCC4)ccc23)cc1. The number of hydrogen-bond acceptors (Lipinski definition) is 4. The summed E-state index contributed by atoms with van der Waals surface area (Å²) >= 11 is 7.50. The molecule has 0 radical (unpaired) electrons. The molecule has 0 N–H and O–H groups in total. The van der Waals surface area contributed by atoms with E-state index in [-0.39, 0.29) is 0 Å². The van der Waals surface area contributed by atoms with Crippen molar-refractivity contribution in [2.24, 2.45) is 0 Å². The second-order valence-electron chi connectivity index (χ2n) is 6.80. The van der Waals surface area contributed by atoms with Crippen LogP contribution in [0.3, 0.4) is 0 Å². The summed E-state index contributed by atoms with van der Waals surface area (Å²) in [5.41, 5.74) is 2.11. The molecule has 5 heteroatoms. The highest BCUT2D eigenvalue weighted by Crippen LogP contribution is 2.33.